The fourth-order valence-corrected chi connectivity index (χ4v) is 4.24. The van der Waals surface area contributed by atoms with Gasteiger partial charge in [0.1, 0.15) is 10.6 Å². The summed E-state index contributed by atoms with van der Waals surface area (Å²) < 4.78 is 5.35. The molecular weight excluding hydrogens is 344 g/mol. The van der Waals surface area contributed by atoms with Gasteiger partial charge in [0, 0.05) is 23.9 Å². The first-order valence-electron chi connectivity index (χ1n) is 7.82. The summed E-state index contributed by atoms with van der Waals surface area (Å²) in [6.45, 7) is 3.99. The Morgan fingerprint density at radius 2 is 2.04 bits per heavy atom. The number of aryl methyl sites for hydroxylation is 1. The van der Waals surface area contributed by atoms with Crippen molar-refractivity contribution in [3.63, 3.8) is 0 Å². The first kappa shape index (κ1) is 18.8. The minimum absolute atomic E-state index is 0. The number of ether oxygens (including phenoxy) is 1. The Kier molecular flexibility index (Phi) is 6.27. The Bertz CT molecular complexity index is 690. The number of likely N-dealkylation sites (tertiary alicyclic amines) is 1. The molecule has 24 heavy (non-hydrogen) atoms. The highest BCUT2D eigenvalue weighted by Crippen LogP contribution is 2.36. The van der Waals surface area contributed by atoms with Crippen LogP contribution in [0.15, 0.2) is 36.4 Å². The molecule has 2 atom stereocenters. The molecule has 0 aliphatic carbocycles. The Labute approximate surface area is 153 Å². The van der Waals surface area contributed by atoms with Gasteiger partial charge in [-0.3, -0.25) is 4.79 Å². The topological polar surface area (TPSA) is 55.6 Å². The van der Waals surface area contributed by atoms with Crippen LogP contribution >= 0.6 is 23.7 Å². The van der Waals surface area contributed by atoms with Crippen molar-refractivity contribution in [1.82, 2.24) is 4.90 Å². The Hall–Kier alpha value is -1.56. The number of hydrogen-bond acceptors (Lipinski definition) is 4. The zero-order chi connectivity index (χ0) is 16.4. The Balaban J connectivity index is 0.00000208. The highest BCUT2D eigenvalue weighted by atomic mass is 35.5. The quantitative estimate of drug-likeness (QED) is 0.903. The van der Waals surface area contributed by atoms with E-state index in [-0.39, 0.29) is 18.3 Å². The highest BCUT2D eigenvalue weighted by molar-refractivity contribution is 7.14. The maximum Gasteiger partial charge on any atom is 0.267 e. The fourth-order valence-electron chi connectivity index (χ4n) is 3.29. The molecule has 0 saturated carbocycles. The molecule has 1 aliphatic heterocycles. The zero-order valence-electron chi connectivity index (χ0n) is 13.9. The van der Waals surface area contributed by atoms with E-state index in [1.807, 2.05) is 36.1 Å². The SMILES string of the molecule is COc1cc(C)sc1C(=O)N1C[C@@H](CN)[C@H](c2ccccc2)C1.Cl. The molecule has 2 aromatic rings. The van der Waals surface area contributed by atoms with E-state index in [1.165, 1.54) is 16.9 Å². The van der Waals surface area contributed by atoms with Crippen LogP contribution < -0.4 is 10.5 Å². The molecule has 6 heteroatoms. The van der Waals surface area contributed by atoms with Crippen LogP contribution in [-0.4, -0.2) is 37.6 Å². The van der Waals surface area contributed by atoms with Crippen molar-refractivity contribution in [3.05, 3.63) is 51.7 Å². The van der Waals surface area contributed by atoms with E-state index in [0.29, 0.717) is 42.1 Å². The zero-order valence-corrected chi connectivity index (χ0v) is 15.5. The van der Waals surface area contributed by atoms with E-state index in [0.717, 1.165) is 4.88 Å². The number of methoxy groups -OCH3 is 1. The summed E-state index contributed by atoms with van der Waals surface area (Å²) in [6.07, 6.45) is 0. The number of amides is 1. The molecule has 130 valence electrons. The number of hydrogen-bond donors (Lipinski definition) is 1. The Morgan fingerprint density at radius 3 is 2.67 bits per heavy atom. The molecule has 1 saturated heterocycles. The molecule has 3 rings (SSSR count). The minimum Gasteiger partial charge on any atom is -0.495 e. The maximum atomic E-state index is 12.9. The molecule has 1 aromatic heterocycles. The molecule has 0 spiro atoms. The number of carbonyl (C=O) groups excluding carboxylic acids is 1. The molecule has 2 heterocycles. The predicted octanol–water partition coefficient (Wildman–Crippen LogP) is 3.30. The van der Waals surface area contributed by atoms with Crippen molar-refractivity contribution < 1.29 is 9.53 Å². The first-order valence-corrected chi connectivity index (χ1v) is 8.64. The third-order valence-corrected chi connectivity index (χ3v) is 5.51. The number of halogens is 1. The number of benzene rings is 1. The number of carbonyl (C=O) groups is 1. The van der Waals surface area contributed by atoms with Gasteiger partial charge in [0.05, 0.1) is 7.11 Å². The maximum absolute atomic E-state index is 12.9. The van der Waals surface area contributed by atoms with Crippen LogP contribution in [0.2, 0.25) is 0 Å². The lowest BCUT2D eigenvalue weighted by Gasteiger charge is -2.16. The summed E-state index contributed by atoms with van der Waals surface area (Å²) in [6, 6.07) is 12.3. The average molecular weight is 367 g/mol. The first-order chi connectivity index (χ1) is 11.1. The van der Waals surface area contributed by atoms with E-state index in [9.17, 15) is 4.79 Å². The number of nitrogens with two attached hydrogens (primary N) is 1. The number of thiophene rings is 1. The van der Waals surface area contributed by atoms with Crippen LogP contribution in [0.4, 0.5) is 0 Å². The predicted molar refractivity (Wildman–Crippen MR) is 100 cm³/mol. The van der Waals surface area contributed by atoms with Gasteiger partial charge in [0.15, 0.2) is 0 Å². The minimum atomic E-state index is 0. The van der Waals surface area contributed by atoms with Crippen LogP contribution in [0.1, 0.15) is 26.0 Å². The van der Waals surface area contributed by atoms with E-state index in [1.54, 1.807) is 7.11 Å². The van der Waals surface area contributed by atoms with Crippen molar-refractivity contribution in [1.29, 1.82) is 0 Å². The molecule has 1 fully saturated rings. The number of nitrogens with zero attached hydrogens (tertiary/aromatic N) is 1. The molecule has 0 unspecified atom stereocenters. The highest BCUT2D eigenvalue weighted by Gasteiger charge is 2.36. The van der Waals surface area contributed by atoms with Crippen molar-refractivity contribution >= 4 is 29.7 Å². The number of rotatable bonds is 4. The summed E-state index contributed by atoms with van der Waals surface area (Å²) in [5.41, 5.74) is 7.22. The van der Waals surface area contributed by atoms with Gasteiger partial charge in [-0.2, -0.15) is 0 Å². The normalized spacial score (nSPS) is 19.9. The largest absolute Gasteiger partial charge is 0.495 e. The van der Waals surface area contributed by atoms with Gasteiger partial charge in [-0.15, -0.1) is 23.7 Å². The van der Waals surface area contributed by atoms with Gasteiger partial charge in [0.2, 0.25) is 0 Å². The van der Waals surface area contributed by atoms with Crippen molar-refractivity contribution in [3.8, 4) is 5.75 Å². The standard InChI is InChI=1S/C18H22N2O2S.ClH/c1-12-8-16(22-2)17(23-12)18(21)20-10-14(9-19)15(11-20)13-6-4-3-5-7-13;/h3-8,14-15H,9-11,19H2,1-2H3;1H/t14-,15+;/m1./s1. The van der Waals surface area contributed by atoms with E-state index >= 15 is 0 Å². The van der Waals surface area contributed by atoms with Crippen LogP contribution in [0.3, 0.4) is 0 Å². The van der Waals surface area contributed by atoms with Gasteiger partial charge in [0.25, 0.3) is 5.91 Å². The second kappa shape index (κ2) is 8.01. The summed E-state index contributed by atoms with van der Waals surface area (Å²) in [5.74, 6) is 1.33. The van der Waals surface area contributed by atoms with E-state index in [2.05, 4.69) is 12.1 Å². The molecular formula is C18H23ClN2O2S. The average Bonchev–Trinajstić information content (AvgIpc) is 3.18. The van der Waals surface area contributed by atoms with Crippen molar-refractivity contribution in [2.24, 2.45) is 11.7 Å². The summed E-state index contributed by atoms with van der Waals surface area (Å²) in [4.78, 5) is 16.6. The lowest BCUT2D eigenvalue weighted by molar-refractivity contribution is 0.0788. The lowest BCUT2D eigenvalue weighted by Crippen LogP contribution is -2.29. The molecule has 2 N–H and O–H groups in total. The monoisotopic (exact) mass is 366 g/mol. The molecule has 1 aromatic carbocycles. The smallest absolute Gasteiger partial charge is 0.267 e. The van der Waals surface area contributed by atoms with Gasteiger partial charge in [-0.25, -0.2) is 0 Å². The van der Waals surface area contributed by atoms with Gasteiger partial charge in [-0.1, -0.05) is 30.3 Å². The molecule has 0 bridgehead atoms. The van der Waals surface area contributed by atoms with Crippen LogP contribution in [0, 0.1) is 12.8 Å². The second-order valence-electron chi connectivity index (χ2n) is 5.98. The second-order valence-corrected chi connectivity index (χ2v) is 7.23. The van der Waals surface area contributed by atoms with Crippen LogP contribution in [0.5, 0.6) is 5.75 Å². The third-order valence-electron chi connectivity index (χ3n) is 4.49. The van der Waals surface area contributed by atoms with Gasteiger partial charge in [-0.05, 0) is 31.0 Å². The van der Waals surface area contributed by atoms with Crippen molar-refractivity contribution in [2.45, 2.75) is 12.8 Å². The molecule has 1 aliphatic rings. The molecule has 4 nitrogen and oxygen atoms in total. The third kappa shape index (κ3) is 3.58. The molecule has 0 radical (unpaired) electrons. The molecule has 1 amide bonds. The van der Waals surface area contributed by atoms with Crippen LogP contribution in [0.25, 0.3) is 0 Å². The van der Waals surface area contributed by atoms with Crippen molar-refractivity contribution in [2.75, 3.05) is 26.7 Å². The van der Waals surface area contributed by atoms with Gasteiger partial charge >= 0.3 is 0 Å². The fraction of sp³-hybridized carbons (Fsp3) is 0.389. The lowest BCUT2D eigenvalue weighted by atomic mass is 9.89. The van der Waals surface area contributed by atoms with Crippen LogP contribution in [-0.2, 0) is 0 Å². The van der Waals surface area contributed by atoms with E-state index in [4.69, 9.17) is 10.5 Å². The summed E-state index contributed by atoms with van der Waals surface area (Å²) in [5, 5.41) is 0. The summed E-state index contributed by atoms with van der Waals surface area (Å²) >= 11 is 1.49. The Morgan fingerprint density at radius 1 is 1.33 bits per heavy atom. The summed E-state index contributed by atoms with van der Waals surface area (Å²) in [7, 11) is 1.61. The van der Waals surface area contributed by atoms with E-state index < -0.39 is 0 Å². The van der Waals surface area contributed by atoms with Gasteiger partial charge < -0.3 is 15.4 Å².